The fraction of sp³-hybridized carbons (Fsp3) is 0.286. The number of ketones is 1. The molecule has 146 valence electrons. The van der Waals surface area contributed by atoms with Gasteiger partial charge in [-0.25, -0.2) is 4.79 Å². The zero-order valence-corrected chi connectivity index (χ0v) is 16.0. The molecule has 7 nitrogen and oxygen atoms in total. The second-order valence-electron chi connectivity index (χ2n) is 6.44. The van der Waals surface area contributed by atoms with Gasteiger partial charge in [0.25, 0.3) is 5.91 Å². The minimum absolute atomic E-state index is 0.326. The van der Waals surface area contributed by atoms with Gasteiger partial charge in [-0.2, -0.15) is 0 Å². The maximum Gasteiger partial charge on any atom is 0.325 e. The molecule has 1 saturated heterocycles. The third kappa shape index (κ3) is 3.19. The number of Topliss-reactive ketones (excluding diaryl/α,β-unsaturated/α-hetero) is 1. The minimum atomic E-state index is -1.16. The number of amides is 3. The number of hydrogen-bond acceptors (Lipinski definition) is 5. The molecule has 0 unspecified atom stereocenters. The van der Waals surface area contributed by atoms with Crippen LogP contribution in [0.2, 0.25) is 0 Å². The molecule has 1 fully saturated rings. The second-order valence-corrected chi connectivity index (χ2v) is 6.44. The zero-order chi connectivity index (χ0) is 20.3. The van der Waals surface area contributed by atoms with Crippen LogP contribution in [0, 0.1) is 0 Å². The number of carbonyl (C=O) groups excluding carboxylic acids is 3. The van der Waals surface area contributed by atoms with Crippen molar-refractivity contribution in [2.75, 3.05) is 20.8 Å². The van der Waals surface area contributed by atoms with Gasteiger partial charge in [0.05, 0.1) is 20.8 Å². The molecule has 2 aromatic carbocycles. The first-order valence-corrected chi connectivity index (χ1v) is 8.91. The lowest BCUT2D eigenvalue weighted by Crippen LogP contribution is -2.43. The van der Waals surface area contributed by atoms with Gasteiger partial charge < -0.3 is 14.8 Å². The normalized spacial score (nSPS) is 18.8. The Balaban J connectivity index is 1.86. The summed E-state index contributed by atoms with van der Waals surface area (Å²) < 4.78 is 10.4. The van der Waals surface area contributed by atoms with Crippen molar-refractivity contribution in [3.63, 3.8) is 0 Å². The van der Waals surface area contributed by atoms with Crippen LogP contribution in [-0.2, 0) is 10.3 Å². The number of urea groups is 1. The van der Waals surface area contributed by atoms with Gasteiger partial charge in [0, 0.05) is 5.56 Å². The third-order valence-corrected chi connectivity index (χ3v) is 4.98. The van der Waals surface area contributed by atoms with E-state index in [2.05, 4.69) is 5.32 Å². The van der Waals surface area contributed by atoms with Crippen molar-refractivity contribution in [2.45, 2.75) is 18.9 Å². The molecule has 0 bridgehead atoms. The van der Waals surface area contributed by atoms with E-state index in [1.54, 1.807) is 24.3 Å². The lowest BCUT2D eigenvalue weighted by Gasteiger charge is -2.25. The quantitative estimate of drug-likeness (QED) is 0.588. The lowest BCUT2D eigenvalue weighted by molar-refractivity contribution is -0.131. The number of hydrogen-bond donors (Lipinski definition) is 1. The van der Waals surface area contributed by atoms with Crippen molar-refractivity contribution >= 4 is 17.7 Å². The van der Waals surface area contributed by atoms with E-state index in [9.17, 15) is 14.4 Å². The summed E-state index contributed by atoms with van der Waals surface area (Å²) in [4.78, 5) is 39.3. The molecule has 1 heterocycles. The number of benzene rings is 2. The molecule has 0 radical (unpaired) electrons. The van der Waals surface area contributed by atoms with Gasteiger partial charge in [-0.3, -0.25) is 14.5 Å². The van der Waals surface area contributed by atoms with E-state index >= 15 is 0 Å². The zero-order valence-electron chi connectivity index (χ0n) is 16.0. The SMILES string of the molecule is CC[C@]1(c2ccccc2)NC(=O)N(CC(=O)c2ccc(OC)c(OC)c2)C1=O. The first-order valence-electron chi connectivity index (χ1n) is 8.91. The van der Waals surface area contributed by atoms with E-state index in [-0.39, 0.29) is 12.3 Å². The van der Waals surface area contributed by atoms with Gasteiger partial charge in [0.1, 0.15) is 5.54 Å². The molecule has 0 saturated carbocycles. The maximum atomic E-state index is 13.1. The molecule has 1 aliphatic heterocycles. The largest absolute Gasteiger partial charge is 0.493 e. The predicted octanol–water partition coefficient (Wildman–Crippen LogP) is 2.74. The Morgan fingerprint density at radius 3 is 2.32 bits per heavy atom. The number of nitrogens with zero attached hydrogens (tertiary/aromatic N) is 1. The molecule has 3 rings (SSSR count). The van der Waals surface area contributed by atoms with E-state index in [0.717, 1.165) is 4.90 Å². The van der Waals surface area contributed by atoms with E-state index in [1.807, 2.05) is 25.1 Å². The second kappa shape index (κ2) is 7.72. The summed E-state index contributed by atoms with van der Waals surface area (Å²) in [5, 5.41) is 2.77. The highest BCUT2D eigenvalue weighted by atomic mass is 16.5. The van der Waals surface area contributed by atoms with Crippen LogP contribution in [-0.4, -0.2) is 43.4 Å². The first-order chi connectivity index (χ1) is 13.5. The molecule has 7 heteroatoms. The Bertz CT molecular complexity index is 912. The van der Waals surface area contributed by atoms with Crippen molar-refractivity contribution in [1.29, 1.82) is 0 Å². The molecule has 28 heavy (non-hydrogen) atoms. The summed E-state index contributed by atoms with van der Waals surface area (Å²) in [6.45, 7) is 1.47. The summed E-state index contributed by atoms with van der Waals surface area (Å²) in [6, 6.07) is 13.2. The average Bonchev–Trinajstić information content (AvgIpc) is 2.98. The summed E-state index contributed by atoms with van der Waals surface area (Å²) >= 11 is 0. The van der Waals surface area contributed by atoms with Crippen molar-refractivity contribution in [1.82, 2.24) is 10.2 Å². The minimum Gasteiger partial charge on any atom is -0.493 e. The van der Waals surface area contributed by atoms with E-state index in [4.69, 9.17) is 9.47 Å². The number of rotatable bonds is 7. The number of methoxy groups -OCH3 is 2. The highest BCUT2D eigenvalue weighted by Crippen LogP contribution is 2.33. The molecule has 0 aromatic heterocycles. The Morgan fingerprint density at radius 2 is 1.71 bits per heavy atom. The van der Waals surface area contributed by atoms with Crippen LogP contribution in [0.5, 0.6) is 11.5 Å². The van der Waals surface area contributed by atoms with Crippen LogP contribution < -0.4 is 14.8 Å². The van der Waals surface area contributed by atoms with Crippen LogP contribution in [0.1, 0.15) is 29.3 Å². The van der Waals surface area contributed by atoms with Crippen molar-refractivity contribution in [2.24, 2.45) is 0 Å². The van der Waals surface area contributed by atoms with Crippen molar-refractivity contribution in [3.8, 4) is 11.5 Å². The molecular weight excluding hydrogens is 360 g/mol. The summed E-state index contributed by atoms with van der Waals surface area (Å²) in [5.41, 5.74) is -0.139. The van der Waals surface area contributed by atoms with Crippen LogP contribution in [0.4, 0.5) is 4.79 Å². The summed E-state index contributed by atoms with van der Waals surface area (Å²) in [7, 11) is 2.97. The monoisotopic (exact) mass is 382 g/mol. The highest BCUT2D eigenvalue weighted by molar-refractivity contribution is 6.11. The molecular formula is C21H22N2O5. The Labute approximate surface area is 163 Å². The van der Waals surface area contributed by atoms with Crippen LogP contribution >= 0.6 is 0 Å². The molecule has 2 aromatic rings. The Hall–Kier alpha value is -3.35. The predicted molar refractivity (Wildman–Crippen MR) is 103 cm³/mol. The van der Waals surface area contributed by atoms with E-state index in [0.29, 0.717) is 29.0 Å². The smallest absolute Gasteiger partial charge is 0.325 e. The van der Waals surface area contributed by atoms with Gasteiger partial charge in [0.15, 0.2) is 17.3 Å². The van der Waals surface area contributed by atoms with E-state index < -0.39 is 17.5 Å². The van der Waals surface area contributed by atoms with Gasteiger partial charge in [-0.1, -0.05) is 37.3 Å². The number of carbonyl (C=O) groups is 3. The number of imide groups is 1. The van der Waals surface area contributed by atoms with Gasteiger partial charge in [-0.05, 0) is 30.2 Å². The van der Waals surface area contributed by atoms with Gasteiger partial charge in [-0.15, -0.1) is 0 Å². The fourth-order valence-electron chi connectivity index (χ4n) is 3.38. The van der Waals surface area contributed by atoms with Crippen molar-refractivity contribution in [3.05, 3.63) is 59.7 Å². The van der Waals surface area contributed by atoms with Crippen LogP contribution in [0.25, 0.3) is 0 Å². The fourth-order valence-corrected chi connectivity index (χ4v) is 3.38. The molecule has 3 amide bonds. The van der Waals surface area contributed by atoms with Crippen LogP contribution in [0.15, 0.2) is 48.5 Å². The maximum absolute atomic E-state index is 13.1. The number of ether oxygens (including phenoxy) is 2. The third-order valence-electron chi connectivity index (χ3n) is 4.98. The van der Waals surface area contributed by atoms with E-state index in [1.165, 1.54) is 20.3 Å². The van der Waals surface area contributed by atoms with Gasteiger partial charge in [0.2, 0.25) is 0 Å². The molecule has 0 spiro atoms. The summed E-state index contributed by atoms with van der Waals surface area (Å²) in [6.07, 6.45) is 0.378. The average molecular weight is 382 g/mol. The Kier molecular flexibility index (Phi) is 5.35. The summed E-state index contributed by atoms with van der Waals surface area (Å²) in [5.74, 6) is 0.0882. The molecule has 0 aliphatic carbocycles. The molecule has 1 N–H and O–H groups in total. The first kappa shape index (κ1) is 19.4. The lowest BCUT2D eigenvalue weighted by atomic mass is 9.87. The highest BCUT2D eigenvalue weighted by Gasteiger charge is 2.51. The number of nitrogens with one attached hydrogen (secondary N) is 1. The van der Waals surface area contributed by atoms with Crippen LogP contribution in [0.3, 0.4) is 0 Å². The van der Waals surface area contributed by atoms with Gasteiger partial charge >= 0.3 is 6.03 Å². The van der Waals surface area contributed by atoms with Crippen molar-refractivity contribution < 1.29 is 23.9 Å². The molecule has 1 atom stereocenters. The topological polar surface area (TPSA) is 84.9 Å². The molecule has 1 aliphatic rings. The Morgan fingerprint density at radius 1 is 1.04 bits per heavy atom. The standard InChI is InChI=1S/C21H22N2O5/c1-4-21(15-8-6-5-7-9-15)19(25)23(20(26)22-21)13-16(24)14-10-11-17(27-2)18(12-14)28-3/h5-12H,4,13H2,1-3H3,(H,22,26)/t21-/m1/s1.